The number of likely N-dealkylation sites (N-methyl/N-ethyl adjacent to an activating group) is 1. The molecule has 3 atom stereocenters. The molecule has 0 N–H and O–H groups in total. The fourth-order valence-corrected chi connectivity index (χ4v) is 4.62. The molecule has 0 bridgehead atoms. The number of ether oxygens (including phenoxy) is 2. The Morgan fingerprint density at radius 1 is 1.14 bits per heavy atom. The number of rotatable bonds is 3. The Balaban J connectivity index is 2.03. The van der Waals surface area contributed by atoms with Crippen LogP contribution in [0.5, 0.6) is 11.5 Å². The molecule has 1 aromatic rings. The number of hydrogen-bond donors (Lipinski definition) is 0. The predicted octanol–water partition coefficient (Wildman–Crippen LogP) is 3.47. The fraction of sp³-hybridized carbons (Fsp3) is 0.667. The Morgan fingerprint density at radius 3 is 2.62 bits per heavy atom. The maximum atomic E-state index is 5.53. The number of nitrogens with zero attached hydrogens (tertiary/aromatic N) is 1. The predicted molar refractivity (Wildman–Crippen MR) is 85.3 cm³/mol. The van der Waals surface area contributed by atoms with Gasteiger partial charge in [0, 0.05) is 11.5 Å². The first-order valence-corrected chi connectivity index (χ1v) is 8.03. The molecule has 116 valence electrons. The zero-order valence-electron chi connectivity index (χ0n) is 13.7. The molecule has 1 aromatic carbocycles. The molecular formula is C18H27NO2. The largest absolute Gasteiger partial charge is 0.493 e. The van der Waals surface area contributed by atoms with Crippen LogP contribution in [-0.2, 0) is 5.41 Å². The van der Waals surface area contributed by atoms with Gasteiger partial charge in [0.25, 0.3) is 0 Å². The molecule has 3 heteroatoms. The van der Waals surface area contributed by atoms with Crippen molar-refractivity contribution in [2.45, 2.75) is 44.1 Å². The lowest BCUT2D eigenvalue weighted by molar-refractivity contribution is 0.149. The summed E-state index contributed by atoms with van der Waals surface area (Å²) in [4.78, 5) is 2.56. The minimum Gasteiger partial charge on any atom is -0.493 e. The highest BCUT2D eigenvalue weighted by molar-refractivity contribution is 5.46. The highest BCUT2D eigenvalue weighted by atomic mass is 16.5. The molecule has 2 fully saturated rings. The first kappa shape index (κ1) is 14.7. The zero-order valence-corrected chi connectivity index (χ0v) is 13.7. The van der Waals surface area contributed by atoms with Gasteiger partial charge in [0.2, 0.25) is 0 Å². The van der Waals surface area contributed by atoms with Gasteiger partial charge in [-0.1, -0.05) is 13.0 Å². The van der Waals surface area contributed by atoms with Crippen LogP contribution in [0.25, 0.3) is 0 Å². The summed E-state index contributed by atoms with van der Waals surface area (Å²) in [7, 11) is 5.70. The Bertz CT molecular complexity index is 516. The van der Waals surface area contributed by atoms with Crippen molar-refractivity contribution in [3.05, 3.63) is 23.8 Å². The Morgan fingerprint density at radius 2 is 1.90 bits per heavy atom. The monoisotopic (exact) mass is 289 g/mol. The first-order chi connectivity index (χ1) is 10.1. The molecule has 3 nitrogen and oxygen atoms in total. The van der Waals surface area contributed by atoms with Crippen LogP contribution in [0.2, 0.25) is 0 Å². The second-order valence-corrected chi connectivity index (χ2v) is 6.86. The summed E-state index contributed by atoms with van der Waals surface area (Å²) in [6.07, 6.45) is 5.21. The third-order valence-corrected chi connectivity index (χ3v) is 5.68. The molecule has 2 aliphatic rings. The van der Waals surface area contributed by atoms with Crippen LogP contribution in [0.15, 0.2) is 18.2 Å². The van der Waals surface area contributed by atoms with Crippen LogP contribution in [0, 0.1) is 5.92 Å². The first-order valence-electron chi connectivity index (χ1n) is 8.03. The van der Waals surface area contributed by atoms with Crippen molar-refractivity contribution in [3.8, 4) is 11.5 Å². The van der Waals surface area contributed by atoms with Crippen LogP contribution in [0.4, 0.5) is 0 Å². The second kappa shape index (κ2) is 5.53. The van der Waals surface area contributed by atoms with Crippen molar-refractivity contribution in [1.82, 2.24) is 4.90 Å². The lowest BCUT2D eigenvalue weighted by atomic mass is 9.63. The maximum Gasteiger partial charge on any atom is 0.161 e. The van der Waals surface area contributed by atoms with Gasteiger partial charge in [-0.2, -0.15) is 0 Å². The number of hydrogen-bond acceptors (Lipinski definition) is 3. The molecule has 0 radical (unpaired) electrons. The van der Waals surface area contributed by atoms with Crippen LogP contribution in [0.3, 0.4) is 0 Å². The molecular weight excluding hydrogens is 262 g/mol. The highest BCUT2D eigenvalue weighted by Gasteiger charge is 2.49. The molecule has 1 saturated carbocycles. The van der Waals surface area contributed by atoms with E-state index in [1.165, 1.54) is 37.8 Å². The van der Waals surface area contributed by atoms with Crippen molar-refractivity contribution in [3.63, 3.8) is 0 Å². The number of methoxy groups -OCH3 is 2. The summed E-state index contributed by atoms with van der Waals surface area (Å²) >= 11 is 0. The van der Waals surface area contributed by atoms with Gasteiger partial charge in [-0.05, 0) is 62.9 Å². The van der Waals surface area contributed by atoms with Gasteiger partial charge in [-0.15, -0.1) is 0 Å². The van der Waals surface area contributed by atoms with Gasteiger partial charge in [-0.3, -0.25) is 0 Å². The van der Waals surface area contributed by atoms with Crippen LogP contribution < -0.4 is 9.47 Å². The van der Waals surface area contributed by atoms with E-state index in [9.17, 15) is 0 Å². The van der Waals surface area contributed by atoms with E-state index in [0.717, 1.165) is 17.4 Å². The van der Waals surface area contributed by atoms with Gasteiger partial charge in [0.15, 0.2) is 11.5 Å². The van der Waals surface area contributed by atoms with E-state index in [1.54, 1.807) is 14.2 Å². The van der Waals surface area contributed by atoms with Gasteiger partial charge in [0.1, 0.15) is 0 Å². The summed E-state index contributed by atoms with van der Waals surface area (Å²) in [6.45, 7) is 3.60. The summed E-state index contributed by atoms with van der Waals surface area (Å²) in [5.41, 5.74) is 1.73. The van der Waals surface area contributed by atoms with E-state index in [1.807, 2.05) is 0 Å². The quantitative estimate of drug-likeness (QED) is 0.850. The summed E-state index contributed by atoms with van der Waals surface area (Å²) in [5.74, 6) is 2.49. The van der Waals surface area contributed by atoms with E-state index in [-0.39, 0.29) is 0 Å². The maximum absolute atomic E-state index is 5.53. The van der Waals surface area contributed by atoms with Crippen molar-refractivity contribution in [2.75, 3.05) is 27.8 Å². The van der Waals surface area contributed by atoms with E-state index in [0.29, 0.717) is 11.5 Å². The topological polar surface area (TPSA) is 21.7 Å². The summed E-state index contributed by atoms with van der Waals surface area (Å²) in [5, 5.41) is 0. The third-order valence-electron chi connectivity index (χ3n) is 5.68. The molecule has 2 unspecified atom stereocenters. The zero-order chi connectivity index (χ0) is 15.0. The minimum atomic E-state index is 0.298. The molecule has 1 aliphatic heterocycles. The van der Waals surface area contributed by atoms with Crippen LogP contribution in [0.1, 0.15) is 38.2 Å². The molecule has 3 rings (SSSR count). The Labute approximate surface area is 128 Å². The van der Waals surface area contributed by atoms with E-state index in [4.69, 9.17) is 9.47 Å². The standard InChI is InChI=1S/C18H27NO2/c1-13-5-8-17-18(12-13,9-10-19(17)2)14-6-7-15(20-3)16(11-14)21-4/h6-7,11,13,17H,5,8-10,12H2,1-4H3/t13?,17?,18-/m1/s1. The average Bonchev–Trinajstić information content (AvgIpc) is 2.84. The van der Waals surface area contributed by atoms with E-state index >= 15 is 0 Å². The Kier molecular flexibility index (Phi) is 3.87. The molecule has 1 aliphatic carbocycles. The Hall–Kier alpha value is -1.22. The smallest absolute Gasteiger partial charge is 0.161 e. The third kappa shape index (κ3) is 2.32. The van der Waals surface area contributed by atoms with Gasteiger partial charge in [0.05, 0.1) is 14.2 Å². The van der Waals surface area contributed by atoms with Gasteiger partial charge in [-0.25, -0.2) is 0 Å². The second-order valence-electron chi connectivity index (χ2n) is 6.86. The lowest BCUT2D eigenvalue weighted by Gasteiger charge is -2.44. The molecule has 0 spiro atoms. The molecule has 1 saturated heterocycles. The molecule has 0 amide bonds. The average molecular weight is 289 g/mol. The van der Waals surface area contributed by atoms with E-state index < -0.39 is 0 Å². The van der Waals surface area contributed by atoms with E-state index in [2.05, 4.69) is 37.1 Å². The number of fused-ring (bicyclic) bond motifs is 1. The molecule has 21 heavy (non-hydrogen) atoms. The van der Waals surface area contributed by atoms with Crippen molar-refractivity contribution < 1.29 is 9.47 Å². The summed E-state index contributed by atoms with van der Waals surface area (Å²) in [6, 6.07) is 7.21. The number of benzene rings is 1. The normalized spacial score (nSPS) is 32.8. The van der Waals surface area contributed by atoms with Crippen molar-refractivity contribution in [1.29, 1.82) is 0 Å². The fourth-order valence-electron chi connectivity index (χ4n) is 4.62. The van der Waals surface area contributed by atoms with Gasteiger partial charge < -0.3 is 14.4 Å². The van der Waals surface area contributed by atoms with Crippen molar-refractivity contribution >= 4 is 0 Å². The highest BCUT2D eigenvalue weighted by Crippen LogP contribution is 2.51. The van der Waals surface area contributed by atoms with Crippen LogP contribution in [-0.4, -0.2) is 38.8 Å². The molecule has 1 heterocycles. The number of likely N-dealkylation sites (tertiary alicyclic amines) is 1. The minimum absolute atomic E-state index is 0.298. The molecule has 0 aromatic heterocycles. The summed E-state index contributed by atoms with van der Waals surface area (Å²) < 4.78 is 10.9. The van der Waals surface area contributed by atoms with Gasteiger partial charge >= 0.3 is 0 Å². The lowest BCUT2D eigenvalue weighted by Crippen LogP contribution is -2.45. The SMILES string of the molecule is COc1ccc([C@]23CCN(C)C2CCC(C)C3)cc1OC. The van der Waals surface area contributed by atoms with Crippen molar-refractivity contribution in [2.24, 2.45) is 5.92 Å². The van der Waals surface area contributed by atoms with Crippen LogP contribution >= 0.6 is 0 Å².